The Morgan fingerprint density at radius 3 is 2.65 bits per heavy atom. The number of hydrogen-bond donors (Lipinski definition) is 1. The number of benzene rings is 1. The van der Waals surface area contributed by atoms with Crippen LogP contribution in [-0.4, -0.2) is 28.5 Å². The van der Waals surface area contributed by atoms with E-state index in [1.165, 1.54) is 18.2 Å². The quantitative estimate of drug-likeness (QED) is 0.860. The largest absolute Gasteiger partial charge is 0.573 e. The molecule has 0 aliphatic carbocycles. The zero-order chi connectivity index (χ0) is 16.2. The van der Waals surface area contributed by atoms with E-state index in [0.29, 0.717) is 30.4 Å². The average molecular weight is 353 g/mol. The molecule has 0 saturated carbocycles. The Morgan fingerprint density at radius 1 is 1.30 bits per heavy atom. The molecule has 6 nitrogen and oxygen atoms in total. The van der Waals surface area contributed by atoms with Crippen molar-refractivity contribution in [1.82, 2.24) is 15.0 Å². The van der Waals surface area contributed by atoms with Crippen LogP contribution in [0.25, 0.3) is 0 Å². The first-order valence-corrected chi connectivity index (χ1v) is 6.40. The summed E-state index contributed by atoms with van der Waals surface area (Å²) in [5, 5.41) is 3.75. The van der Waals surface area contributed by atoms with Gasteiger partial charge in [0.2, 0.25) is 5.89 Å². The van der Waals surface area contributed by atoms with Crippen molar-refractivity contribution in [2.45, 2.75) is 26.0 Å². The molecule has 0 saturated heterocycles. The first-order chi connectivity index (χ1) is 10.4. The van der Waals surface area contributed by atoms with Gasteiger partial charge in [0.15, 0.2) is 5.82 Å². The number of nitrogens with zero attached hydrogens (tertiary/aromatic N) is 3. The molecule has 0 aliphatic rings. The van der Waals surface area contributed by atoms with Gasteiger partial charge in [-0.2, -0.15) is 4.98 Å². The Bertz CT molecular complexity index is 621. The molecular formula is C13H16ClF3N4O2. The predicted molar refractivity (Wildman–Crippen MR) is 77.7 cm³/mol. The monoisotopic (exact) mass is 352 g/mol. The van der Waals surface area contributed by atoms with E-state index >= 15 is 0 Å². The van der Waals surface area contributed by atoms with E-state index < -0.39 is 6.36 Å². The highest BCUT2D eigenvalue weighted by Gasteiger charge is 2.31. The van der Waals surface area contributed by atoms with Gasteiger partial charge in [-0.3, -0.25) is 4.90 Å². The summed E-state index contributed by atoms with van der Waals surface area (Å²) in [4.78, 5) is 5.89. The van der Waals surface area contributed by atoms with E-state index in [0.717, 1.165) is 0 Å². The van der Waals surface area contributed by atoms with Gasteiger partial charge < -0.3 is 15.0 Å². The van der Waals surface area contributed by atoms with Crippen LogP contribution < -0.4 is 10.5 Å². The van der Waals surface area contributed by atoms with Crippen LogP contribution in [0.3, 0.4) is 0 Å². The zero-order valence-electron chi connectivity index (χ0n) is 12.2. The van der Waals surface area contributed by atoms with Crippen LogP contribution in [-0.2, 0) is 19.6 Å². The van der Waals surface area contributed by atoms with Gasteiger partial charge in [-0.1, -0.05) is 17.3 Å². The third-order valence-electron chi connectivity index (χ3n) is 2.68. The summed E-state index contributed by atoms with van der Waals surface area (Å²) in [5.41, 5.74) is 6.04. The molecule has 0 bridgehead atoms. The van der Waals surface area contributed by atoms with E-state index in [1.807, 2.05) is 4.90 Å². The smallest absolute Gasteiger partial charge is 0.406 e. The molecule has 0 atom stereocenters. The number of halogens is 4. The maximum Gasteiger partial charge on any atom is 0.573 e. The SMILES string of the molecule is CN(Cc1cccc(OC(F)(F)F)c1)Cc1noc(CN)n1.Cl. The van der Waals surface area contributed by atoms with Crippen LogP contribution in [0.5, 0.6) is 5.75 Å². The molecule has 2 N–H and O–H groups in total. The lowest BCUT2D eigenvalue weighted by atomic mass is 10.2. The second-order valence-corrected chi connectivity index (χ2v) is 4.68. The molecule has 128 valence electrons. The Hall–Kier alpha value is -1.84. The van der Waals surface area contributed by atoms with E-state index in [-0.39, 0.29) is 24.7 Å². The van der Waals surface area contributed by atoms with Crippen LogP contribution in [0.2, 0.25) is 0 Å². The highest BCUT2D eigenvalue weighted by atomic mass is 35.5. The van der Waals surface area contributed by atoms with Crippen molar-refractivity contribution in [3.63, 3.8) is 0 Å². The number of aromatic nitrogens is 2. The van der Waals surface area contributed by atoms with E-state index in [1.54, 1.807) is 13.1 Å². The third-order valence-corrected chi connectivity index (χ3v) is 2.68. The lowest BCUT2D eigenvalue weighted by Gasteiger charge is -2.15. The van der Waals surface area contributed by atoms with Gasteiger partial charge in [0, 0.05) is 6.54 Å². The molecular weight excluding hydrogens is 337 g/mol. The molecule has 0 radical (unpaired) electrons. The minimum atomic E-state index is -4.70. The summed E-state index contributed by atoms with van der Waals surface area (Å²) in [7, 11) is 1.79. The molecule has 0 unspecified atom stereocenters. The van der Waals surface area contributed by atoms with Crippen molar-refractivity contribution in [3.05, 3.63) is 41.5 Å². The minimum Gasteiger partial charge on any atom is -0.406 e. The maximum absolute atomic E-state index is 12.2. The Labute approximate surface area is 136 Å². The molecule has 2 rings (SSSR count). The van der Waals surface area contributed by atoms with E-state index in [4.69, 9.17) is 10.3 Å². The summed E-state index contributed by atoms with van der Waals surface area (Å²) in [6.45, 7) is 0.947. The highest BCUT2D eigenvalue weighted by Crippen LogP contribution is 2.23. The third kappa shape index (κ3) is 6.43. The van der Waals surface area contributed by atoms with Crippen molar-refractivity contribution >= 4 is 12.4 Å². The van der Waals surface area contributed by atoms with Gasteiger partial charge in [-0.15, -0.1) is 25.6 Å². The first-order valence-electron chi connectivity index (χ1n) is 6.40. The standard InChI is InChI=1S/C13H15F3N4O2.ClH/c1-20(8-11-18-12(6-17)22-19-11)7-9-3-2-4-10(5-9)21-13(14,15)16;/h2-5H,6-8,17H2,1H3;1H. The Balaban J connectivity index is 0.00000264. The predicted octanol–water partition coefficient (Wildman–Crippen LogP) is 2.48. The maximum atomic E-state index is 12.2. The molecule has 10 heteroatoms. The van der Waals surface area contributed by atoms with Crippen LogP contribution >= 0.6 is 12.4 Å². The molecule has 2 aromatic rings. The van der Waals surface area contributed by atoms with E-state index in [2.05, 4.69) is 14.9 Å². The number of alkyl halides is 3. The van der Waals surface area contributed by atoms with Crippen molar-refractivity contribution in [2.75, 3.05) is 7.05 Å². The highest BCUT2D eigenvalue weighted by molar-refractivity contribution is 5.85. The fourth-order valence-electron chi connectivity index (χ4n) is 1.89. The normalized spacial score (nSPS) is 11.4. The summed E-state index contributed by atoms with van der Waals surface area (Å²) in [6.07, 6.45) is -4.70. The van der Waals surface area contributed by atoms with Crippen molar-refractivity contribution < 1.29 is 22.4 Å². The molecule has 1 aromatic carbocycles. The van der Waals surface area contributed by atoms with Gasteiger partial charge in [0.05, 0.1) is 13.1 Å². The van der Waals surface area contributed by atoms with Crippen molar-refractivity contribution in [1.29, 1.82) is 0 Å². The summed E-state index contributed by atoms with van der Waals surface area (Å²) in [5.74, 6) is 0.554. The van der Waals surface area contributed by atoms with Crippen LogP contribution in [0, 0.1) is 0 Å². The molecule has 23 heavy (non-hydrogen) atoms. The summed E-state index contributed by atoms with van der Waals surface area (Å²) >= 11 is 0. The number of rotatable bonds is 6. The molecule has 0 spiro atoms. The second-order valence-electron chi connectivity index (χ2n) is 4.68. The minimum absolute atomic E-state index is 0. The molecule has 1 aromatic heterocycles. The van der Waals surface area contributed by atoms with Gasteiger partial charge in [-0.25, -0.2) is 0 Å². The fraction of sp³-hybridized carbons (Fsp3) is 0.385. The van der Waals surface area contributed by atoms with Gasteiger partial charge >= 0.3 is 6.36 Å². The number of hydrogen-bond acceptors (Lipinski definition) is 6. The molecule has 0 aliphatic heterocycles. The lowest BCUT2D eigenvalue weighted by molar-refractivity contribution is -0.274. The van der Waals surface area contributed by atoms with E-state index in [9.17, 15) is 13.2 Å². The van der Waals surface area contributed by atoms with Gasteiger partial charge in [0.25, 0.3) is 0 Å². The first kappa shape index (κ1) is 19.2. The van der Waals surface area contributed by atoms with Crippen LogP contribution in [0.1, 0.15) is 17.3 Å². The number of ether oxygens (including phenoxy) is 1. The second kappa shape index (κ2) is 8.14. The van der Waals surface area contributed by atoms with Gasteiger partial charge in [0.1, 0.15) is 5.75 Å². The van der Waals surface area contributed by atoms with Crippen LogP contribution in [0.15, 0.2) is 28.8 Å². The topological polar surface area (TPSA) is 77.4 Å². The van der Waals surface area contributed by atoms with Crippen molar-refractivity contribution in [3.8, 4) is 5.75 Å². The van der Waals surface area contributed by atoms with Crippen LogP contribution in [0.4, 0.5) is 13.2 Å². The average Bonchev–Trinajstić information content (AvgIpc) is 2.84. The number of nitrogens with two attached hydrogens (primary N) is 1. The Morgan fingerprint density at radius 2 is 2.04 bits per heavy atom. The molecule has 0 amide bonds. The molecule has 1 heterocycles. The summed E-state index contributed by atoms with van der Waals surface area (Å²) < 4.78 is 45.3. The van der Waals surface area contributed by atoms with Crippen molar-refractivity contribution in [2.24, 2.45) is 5.73 Å². The fourth-order valence-corrected chi connectivity index (χ4v) is 1.89. The lowest BCUT2D eigenvalue weighted by Crippen LogP contribution is -2.19. The Kier molecular flexibility index (Phi) is 6.79. The van der Waals surface area contributed by atoms with Gasteiger partial charge in [-0.05, 0) is 24.7 Å². The summed E-state index contributed by atoms with van der Waals surface area (Å²) in [6, 6.07) is 5.81. The molecule has 0 fully saturated rings. The zero-order valence-corrected chi connectivity index (χ0v) is 13.0.